The van der Waals surface area contributed by atoms with Crippen LogP contribution >= 0.6 is 35.6 Å². The lowest BCUT2D eigenvalue weighted by atomic mass is 9.95. The number of aryl methyl sites for hydroxylation is 1. The number of rotatable bonds is 5. The maximum Gasteiger partial charge on any atom is 0.193 e. The largest absolute Gasteiger partial charge is 0.373 e. The Hall–Kier alpha value is -1.25. The van der Waals surface area contributed by atoms with E-state index in [9.17, 15) is 0 Å². The van der Waals surface area contributed by atoms with Crippen LogP contribution in [0, 0.1) is 5.92 Å². The van der Waals surface area contributed by atoms with E-state index in [0.717, 1.165) is 42.8 Å². The number of aromatic nitrogens is 1. The van der Waals surface area contributed by atoms with Gasteiger partial charge in [-0.05, 0) is 18.1 Å². The Kier molecular flexibility index (Phi) is 8.44. The van der Waals surface area contributed by atoms with Gasteiger partial charge in [0.05, 0.1) is 17.7 Å². The average molecular weight is 503 g/mol. The van der Waals surface area contributed by atoms with E-state index >= 15 is 0 Å². The lowest BCUT2D eigenvalue weighted by molar-refractivity contribution is 0.0914. The first-order valence-electron chi connectivity index (χ1n) is 8.97. The van der Waals surface area contributed by atoms with Crippen molar-refractivity contribution in [1.29, 1.82) is 0 Å². The molecule has 0 aliphatic carbocycles. The van der Waals surface area contributed by atoms with E-state index in [-0.39, 0.29) is 30.1 Å². The minimum atomic E-state index is 0. The molecule has 0 bridgehead atoms. The zero-order valence-electron chi connectivity index (χ0n) is 16.1. The minimum Gasteiger partial charge on any atom is -0.373 e. The zero-order chi connectivity index (χ0) is 18.5. The molecular weight excluding hydrogens is 475 g/mol. The van der Waals surface area contributed by atoms with Gasteiger partial charge in [-0.2, -0.15) is 0 Å². The third kappa shape index (κ3) is 5.62. The lowest BCUT2D eigenvalue weighted by Crippen LogP contribution is -2.41. The van der Waals surface area contributed by atoms with Gasteiger partial charge in [0, 0.05) is 52.1 Å². The van der Waals surface area contributed by atoms with Gasteiger partial charge in [-0.1, -0.05) is 41.9 Å². The summed E-state index contributed by atoms with van der Waals surface area (Å²) in [6.45, 7) is 2.39. The number of hydrogen-bond acceptors (Lipinski definition) is 2. The van der Waals surface area contributed by atoms with Crippen LogP contribution in [0.2, 0.25) is 5.02 Å². The molecule has 1 aliphatic heterocycles. The van der Waals surface area contributed by atoms with Crippen molar-refractivity contribution in [1.82, 2.24) is 14.8 Å². The van der Waals surface area contributed by atoms with Gasteiger partial charge in [-0.25, -0.2) is 0 Å². The average Bonchev–Trinajstić information content (AvgIpc) is 3.22. The highest BCUT2D eigenvalue weighted by Gasteiger charge is 2.29. The van der Waals surface area contributed by atoms with Crippen LogP contribution in [0.15, 0.2) is 47.6 Å². The number of guanidine groups is 1. The molecule has 148 valence electrons. The van der Waals surface area contributed by atoms with Crippen molar-refractivity contribution in [3.05, 3.63) is 58.9 Å². The second-order valence-electron chi connectivity index (χ2n) is 6.80. The number of nitrogens with one attached hydrogen (secondary N) is 1. The smallest absolute Gasteiger partial charge is 0.193 e. The molecule has 1 aliphatic rings. The van der Waals surface area contributed by atoms with Crippen molar-refractivity contribution in [2.75, 3.05) is 27.2 Å². The molecule has 1 N–H and O–H groups in total. The first-order chi connectivity index (χ1) is 12.6. The van der Waals surface area contributed by atoms with Crippen LogP contribution < -0.4 is 5.32 Å². The minimum absolute atomic E-state index is 0. The maximum atomic E-state index is 6.08. The number of nitrogens with zero attached hydrogens (tertiary/aromatic N) is 3. The quantitative estimate of drug-likeness (QED) is 0.381. The second kappa shape index (κ2) is 10.3. The van der Waals surface area contributed by atoms with Gasteiger partial charge in [0.15, 0.2) is 5.96 Å². The van der Waals surface area contributed by atoms with Crippen molar-refractivity contribution < 1.29 is 4.74 Å². The predicted octanol–water partition coefficient (Wildman–Crippen LogP) is 4.08. The molecule has 1 saturated heterocycles. The maximum absolute atomic E-state index is 6.08. The molecule has 7 heteroatoms. The van der Waals surface area contributed by atoms with Crippen LogP contribution in [0.3, 0.4) is 0 Å². The summed E-state index contributed by atoms with van der Waals surface area (Å²) in [5, 5.41) is 4.27. The molecular formula is C20H28ClIN4O. The van der Waals surface area contributed by atoms with E-state index in [1.807, 2.05) is 44.0 Å². The normalized spacial score (nSPS) is 19.6. The van der Waals surface area contributed by atoms with Gasteiger partial charge in [0.2, 0.25) is 0 Å². The fourth-order valence-corrected chi connectivity index (χ4v) is 3.77. The molecule has 0 spiro atoms. The first kappa shape index (κ1) is 22.0. The molecule has 3 rings (SSSR count). The predicted molar refractivity (Wildman–Crippen MR) is 122 cm³/mol. The fraction of sp³-hybridized carbons (Fsp3) is 0.450. The van der Waals surface area contributed by atoms with Gasteiger partial charge in [-0.15, -0.1) is 24.0 Å². The monoisotopic (exact) mass is 502 g/mol. The molecule has 1 aromatic heterocycles. The second-order valence-corrected chi connectivity index (χ2v) is 7.23. The molecule has 2 atom stereocenters. The lowest BCUT2D eigenvalue weighted by Gasteiger charge is -2.25. The number of halogens is 2. The van der Waals surface area contributed by atoms with Crippen LogP contribution in [0.4, 0.5) is 0 Å². The van der Waals surface area contributed by atoms with Crippen LogP contribution in [-0.2, 0) is 18.3 Å². The van der Waals surface area contributed by atoms with Gasteiger partial charge in [0.1, 0.15) is 0 Å². The molecule has 1 aromatic carbocycles. The number of ether oxygens (including phenoxy) is 1. The van der Waals surface area contributed by atoms with Crippen LogP contribution in [-0.4, -0.2) is 42.7 Å². The highest BCUT2D eigenvalue weighted by molar-refractivity contribution is 14.0. The van der Waals surface area contributed by atoms with E-state index in [1.165, 1.54) is 5.56 Å². The summed E-state index contributed by atoms with van der Waals surface area (Å²) in [5.41, 5.74) is 2.39. The summed E-state index contributed by atoms with van der Waals surface area (Å²) in [6, 6.07) is 12.4. The van der Waals surface area contributed by atoms with Crippen molar-refractivity contribution in [3.8, 4) is 0 Å². The Morgan fingerprint density at radius 3 is 2.74 bits per heavy atom. The molecule has 2 heterocycles. The summed E-state index contributed by atoms with van der Waals surface area (Å²) in [7, 11) is 5.86. The Bertz CT molecular complexity index is 750. The summed E-state index contributed by atoms with van der Waals surface area (Å²) in [6.07, 6.45) is 3.13. The highest BCUT2D eigenvalue weighted by atomic mass is 127. The van der Waals surface area contributed by atoms with Crippen molar-refractivity contribution in [3.63, 3.8) is 0 Å². The third-order valence-corrected chi connectivity index (χ3v) is 5.12. The molecule has 2 aromatic rings. The van der Waals surface area contributed by atoms with Gasteiger partial charge in [0.25, 0.3) is 0 Å². The topological polar surface area (TPSA) is 41.8 Å². The Labute approximate surface area is 183 Å². The zero-order valence-corrected chi connectivity index (χ0v) is 19.1. The summed E-state index contributed by atoms with van der Waals surface area (Å²) in [5.74, 6) is 1.31. The Balaban J connectivity index is 0.00000261. The van der Waals surface area contributed by atoms with Crippen LogP contribution in [0.5, 0.6) is 0 Å². The molecule has 5 nitrogen and oxygen atoms in total. The number of hydrogen-bond donors (Lipinski definition) is 1. The van der Waals surface area contributed by atoms with Crippen molar-refractivity contribution in [2.45, 2.75) is 19.1 Å². The summed E-state index contributed by atoms with van der Waals surface area (Å²) < 4.78 is 8.02. The number of benzene rings is 1. The van der Waals surface area contributed by atoms with Crippen molar-refractivity contribution >= 4 is 41.5 Å². The molecule has 0 radical (unpaired) electrons. The first-order valence-corrected chi connectivity index (χ1v) is 9.35. The molecule has 0 saturated carbocycles. The number of aliphatic imine (C=N–C) groups is 1. The van der Waals surface area contributed by atoms with E-state index in [4.69, 9.17) is 16.3 Å². The molecule has 0 amide bonds. The van der Waals surface area contributed by atoms with Gasteiger partial charge in [-0.3, -0.25) is 4.99 Å². The van der Waals surface area contributed by atoms with E-state index in [1.54, 1.807) is 0 Å². The Morgan fingerprint density at radius 1 is 1.37 bits per heavy atom. The fourth-order valence-electron chi connectivity index (χ4n) is 3.50. The summed E-state index contributed by atoms with van der Waals surface area (Å²) >= 11 is 6.08. The van der Waals surface area contributed by atoms with Crippen LogP contribution in [0.25, 0.3) is 0 Å². The summed E-state index contributed by atoms with van der Waals surface area (Å²) in [4.78, 5) is 6.54. The molecule has 1 fully saturated rings. The molecule has 2 unspecified atom stereocenters. The van der Waals surface area contributed by atoms with Crippen molar-refractivity contribution in [2.24, 2.45) is 18.0 Å². The SMILES string of the molecule is CN=C(NCC1CCOC1c1ccccc1)N(C)Cc1cc(Cl)cn1C.I. The highest BCUT2D eigenvalue weighted by Crippen LogP contribution is 2.33. The standard InChI is InChI=1S/C20H27ClN4O.HI/c1-22-20(25(3)14-18-11-17(21)13-24(18)2)23-12-16-9-10-26-19(16)15-7-5-4-6-8-15;/h4-8,11,13,16,19H,9-10,12,14H2,1-3H3,(H,22,23);1H. The van der Waals surface area contributed by atoms with E-state index < -0.39 is 0 Å². The van der Waals surface area contributed by atoms with Gasteiger partial charge >= 0.3 is 0 Å². The van der Waals surface area contributed by atoms with E-state index in [2.05, 4.69) is 39.5 Å². The third-order valence-electron chi connectivity index (χ3n) is 4.91. The molecule has 27 heavy (non-hydrogen) atoms. The van der Waals surface area contributed by atoms with E-state index in [0.29, 0.717) is 5.92 Å². The van der Waals surface area contributed by atoms with Gasteiger partial charge < -0.3 is 19.5 Å². The Morgan fingerprint density at radius 2 is 2.11 bits per heavy atom. The van der Waals surface area contributed by atoms with Crippen LogP contribution in [0.1, 0.15) is 23.8 Å².